The minimum absolute atomic E-state index is 0.00237. The van der Waals surface area contributed by atoms with E-state index in [1.165, 1.54) is 12.1 Å². The van der Waals surface area contributed by atoms with Gasteiger partial charge in [0.25, 0.3) is 5.69 Å². The van der Waals surface area contributed by atoms with Gasteiger partial charge in [0.15, 0.2) is 10.5 Å². The van der Waals surface area contributed by atoms with Gasteiger partial charge in [0.2, 0.25) is 5.76 Å². The third kappa shape index (κ3) is 4.05. The average Bonchev–Trinajstić information content (AvgIpc) is 3.05. The number of para-hydroxylation sites is 1. The lowest BCUT2D eigenvalue weighted by atomic mass is 10.0. The molecule has 134 valence electrons. The maximum Gasteiger partial charge on any atom is 0.379 e. The molecule has 0 radical (unpaired) electrons. The van der Waals surface area contributed by atoms with Gasteiger partial charge in [0.1, 0.15) is 5.76 Å². The van der Waals surface area contributed by atoms with E-state index >= 15 is 0 Å². The van der Waals surface area contributed by atoms with Crippen molar-refractivity contribution in [2.75, 3.05) is 0 Å². The fourth-order valence-corrected chi connectivity index (χ4v) is 3.79. The van der Waals surface area contributed by atoms with Crippen molar-refractivity contribution in [2.24, 2.45) is 0 Å². The average molecular weight is 438 g/mol. The largest absolute Gasteiger partial charge is 0.442 e. The van der Waals surface area contributed by atoms with Crippen molar-refractivity contribution in [2.45, 2.75) is 24.2 Å². The van der Waals surface area contributed by atoms with Crippen LogP contribution in [0.25, 0.3) is 0 Å². The minimum Gasteiger partial charge on any atom is -0.442 e. The molecule has 0 saturated heterocycles. The molecule has 2 aromatic rings. The summed E-state index contributed by atoms with van der Waals surface area (Å²) in [4.78, 5) is 35.7. The number of nitro groups is 1. The molecule has 0 spiro atoms. The third-order valence-corrected chi connectivity index (χ3v) is 5.23. The number of carbonyl (C=O) groups is 2. The van der Waals surface area contributed by atoms with Crippen molar-refractivity contribution in [3.63, 3.8) is 0 Å². The quantitative estimate of drug-likeness (QED) is 0.373. The zero-order valence-corrected chi connectivity index (χ0v) is 15.7. The number of thioether (sulfide) groups is 1. The summed E-state index contributed by atoms with van der Waals surface area (Å²) in [6, 6.07) is 9.12. The first kappa shape index (κ1) is 18.4. The van der Waals surface area contributed by atoms with Gasteiger partial charge in [-0.05, 0) is 40.5 Å². The van der Waals surface area contributed by atoms with Gasteiger partial charge < -0.3 is 9.15 Å². The fraction of sp³-hybridized carbons (Fsp3) is 0.176. The van der Waals surface area contributed by atoms with E-state index in [-0.39, 0.29) is 27.9 Å². The van der Waals surface area contributed by atoms with Crippen molar-refractivity contribution in [1.82, 2.24) is 0 Å². The number of benzene rings is 1. The van der Waals surface area contributed by atoms with Crippen LogP contribution in [0.2, 0.25) is 0 Å². The van der Waals surface area contributed by atoms with Crippen LogP contribution >= 0.6 is 27.7 Å². The lowest BCUT2D eigenvalue weighted by Crippen LogP contribution is -2.14. The smallest absolute Gasteiger partial charge is 0.379 e. The number of ether oxygens (including phenoxy) is 1. The zero-order chi connectivity index (χ0) is 18.7. The van der Waals surface area contributed by atoms with E-state index in [1.54, 1.807) is 24.3 Å². The predicted molar refractivity (Wildman–Crippen MR) is 96.7 cm³/mol. The Bertz CT molecular complexity index is 919. The molecule has 0 fully saturated rings. The molecule has 0 amide bonds. The summed E-state index contributed by atoms with van der Waals surface area (Å²) in [5.74, 6) is -0.719. The molecule has 9 heteroatoms. The molecule has 0 unspecified atom stereocenters. The van der Waals surface area contributed by atoms with Crippen molar-refractivity contribution in [1.29, 1.82) is 0 Å². The molecule has 0 saturated carbocycles. The van der Waals surface area contributed by atoms with E-state index in [0.717, 1.165) is 11.8 Å². The molecule has 0 N–H and O–H groups in total. The highest BCUT2D eigenvalue weighted by Crippen LogP contribution is 2.40. The Morgan fingerprint density at radius 1 is 1.23 bits per heavy atom. The first-order valence-electron chi connectivity index (χ1n) is 7.61. The van der Waals surface area contributed by atoms with Crippen LogP contribution in [0.3, 0.4) is 0 Å². The Balaban J connectivity index is 1.91. The fourth-order valence-electron chi connectivity index (χ4n) is 2.39. The van der Waals surface area contributed by atoms with Gasteiger partial charge in [-0.1, -0.05) is 23.9 Å². The third-order valence-electron chi connectivity index (χ3n) is 3.58. The van der Waals surface area contributed by atoms with E-state index in [9.17, 15) is 19.7 Å². The van der Waals surface area contributed by atoms with Crippen LogP contribution < -0.4 is 0 Å². The van der Waals surface area contributed by atoms with Crippen LogP contribution in [0.1, 0.15) is 29.8 Å². The van der Waals surface area contributed by atoms with Crippen molar-refractivity contribution < 1.29 is 23.7 Å². The number of carbonyl (C=O) groups excluding carboxylic acids is 2. The molecule has 1 aliphatic carbocycles. The minimum atomic E-state index is -0.721. The SMILES string of the molecule is O=C1CCCC(OC(=O)c2ccc(Br)o2)=C1Sc1ccccc1[N+](=O)[O-]. The number of esters is 1. The molecule has 1 heterocycles. The zero-order valence-electron chi connectivity index (χ0n) is 13.3. The van der Waals surface area contributed by atoms with Crippen molar-refractivity contribution >= 4 is 45.1 Å². The number of halogens is 1. The summed E-state index contributed by atoms with van der Waals surface area (Å²) in [5.41, 5.74) is -0.107. The van der Waals surface area contributed by atoms with Crippen LogP contribution in [-0.2, 0) is 9.53 Å². The van der Waals surface area contributed by atoms with Gasteiger partial charge in [0, 0.05) is 18.9 Å². The molecule has 1 aromatic heterocycles. The summed E-state index contributed by atoms with van der Waals surface area (Å²) >= 11 is 4.05. The Morgan fingerprint density at radius 3 is 2.69 bits per heavy atom. The normalized spacial score (nSPS) is 14.4. The van der Waals surface area contributed by atoms with Gasteiger partial charge in [-0.2, -0.15) is 0 Å². The highest BCUT2D eigenvalue weighted by molar-refractivity contribution is 9.10. The Hall–Kier alpha value is -2.39. The standard InChI is InChI=1S/C17H12BrNO6S/c18-15-9-8-13(24-15)17(21)25-12-6-3-5-11(20)16(12)26-14-7-2-1-4-10(14)19(22)23/h1-2,4,7-9H,3,5-6H2. The lowest BCUT2D eigenvalue weighted by Gasteiger charge is -2.18. The first-order valence-corrected chi connectivity index (χ1v) is 9.22. The molecule has 1 aromatic carbocycles. The molecule has 1 aliphatic rings. The van der Waals surface area contributed by atoms with E-state index in [0.29, 0.717) is 28.8 Å². The van der Waals surface area contributed by atoms with E-state index in [1.807, 2.05) is 0 Å². The van der Waals surface area contributed by atoms with Gasteiger partial charge >= 0.3 is 5.97 Å². The number of ketones is 1. The number of hydrogen-bond donors (Lipinski definition) is 0. The monoisotopic (exact) mass is 437 g/mol. The topological polar surface area (TPSA) is 99.7 Å². The number of nitro benzene ring substituents is 1. The number of hydrogen-bond acceptors (Lipinski definition) is 7. The summed E-state index contributed by atoms with van der Waals surface area (Å²) in [7, 11) is 0. The van der Waals surface area contributed by atoms with Crippen LogP contribution in [0.4, 0.5) is 5.69 Å². The number of allylic oxidation sites excluding steroid dienone is 2. The molecule has 0 atom stereocenters. The van der Waals surface area contributed by atoms with Crippen LogP contribution in [0, 0.1) is 10.1 Å². The number of Topliss-reactive ketones (excluding diaryl/α,β-unsaturated/α-hetero) is 1. The summed E-state index contributed by atoms with van der Waals surface area (Å²) in [5, 5.41) is 11.2. The van der Waals surface area contributed by atoms with Gasteiger partial charge in [-0.25, -0.2) is 4.79 Å². The second-order valence-corrected chi connectivity index (χ2v) is 7.18. The summed E-state index contributed by atoms with van der Waals surface area (Å²) in [6.07, 6.45) is 1.24. The van der Waals surface area contributed by atoms with Crippen LogP contribution in [-0.4, -0.2) is 16.7 Å². The molecular formula is C17H12BrNO6S. The van der Waals surface area contributed by atoms with Crippen LogP contribution in [0.5, 0.6) is 0 Å². The van der Waals surface area contributed by atoms with Crippen molar-refractivity contribution in [3.8, 4) is 0 Å². The first-order chi connectivity index (χ1) is 12.5. The lowest BCUT2D eigenvalue weighted by molar-refractivity contribution is -0.387. The molecule has 26 heavy (non-hydrogen) atoms. The van der Waals surface area contributed by atoms with Crippen molar-refractivity contribution in [3.05, 3.63) is 67.6 Å². The highest BCUT2D eigenvalue weighted by Gasteiger charge is 2.28. The predicted octanol–water partition coefficient (Wildman–Crippen LogP) is 4.86. The molecule has 3 rings (SSSR count). The molecule has 0 bridgehead atoms. The number of rotatable bonds is 5. The maximum atomic E-state index is 12.3. The highest BCUT2D eigenvalue weighted by atomic mass is 79.9. The summed E-state index contributed by atoms with van der Waals surface area (Å²) < 4.78 is 10.9. The number of nitrogens with zero attached hydrogens (tertiary/aromatic N) is 1. The Morgan fingerprint density at radius 2 is 2.00 bits per heavy atom. The van der Waals surface area contributed by atoms with Gasteiger partial charge in [-0.3, -0.25) is 14.9 Å². The Kier molecular flexibility index (Phi) is 5.58. The van der Waals surface area contributed by atoms with Crippen LogP contribution in [0.15, 0.2) is 61.0 Å². The maximum absolute atomic E-state index is 12.3. The molecule has 0 aliphatic heterocycles. The van der Waals surface area contributed by atoms with E-state index < -0.39 is 10.9 Å². The second kappa shape index (κ2) is 7.88. The summed E-state index contributed by atoms with van der Waals surface area (Å²) in [6.45, 7) is 0. The van der Waals surface area contributed by atoms with E-state index in [4.69, 9.17) is 9.15 Å². The van der Waals surface area contributed by atoms with E-state index in [2.05, 4.69) is 15.9 Å². The molecular weight excluding hydrogens is 426 g/mol. The number of furan rings is 1. The van der Waals surface area contributed by atoms with Gasteiger partial charge in [-0.15, -0.1) is 0 Å². The second-order valence-electron chi connectivity index (χ2n) is 5.35. The molecule has 7 nitrogen and oxygen atoms in total. The Labute approximate surface area is 160 Å². The van der Waals surface area contributed by atoms with Gasteiger partial charge in [0.05, 0.1) is 14.7 Å².